The Labute approximate surface area is 200 Å². The Hall–Kier alpha value is -2.89. The highest BCUT2D eigenvalue weighted by Crippen LogP contribution is 2.39. The predicted octanol–water partition coefficient (Wildman–Crippen LogP) is 1.76. The van der Waals surface area contributed by atoms with Gasteiger partial charge in [-0.3, -0.25) is 9.89 Å². The number of ether oxygens (including phenoxy) is 1. The van der Waals surface area contributed by atoms with E-state index >= 15 is 0 Å². The van der Waals surface area contributed by atoms with E-state index in [9.17, 15) is 13.2 Å². The number of nitrogens with zero attached hydrogens (tertiary/aromatic N) is 5. The number of anilines is 1. The summed E-state index contributed by atoms with van der Waals surface area (Å²) in [7, 11) is 0.0868. The van der Waals surface area contributed by atoms with Crippen molar-refractivity contribution >= 4 is 21.6 Å². The molecule has 0 bridgehead atoms. The standard InChI is InChI=1S/C23H31N6O4S/c1-5-7-18-21-20(26-25-18)23(30)24-22(28(21)4)17-15-16(8-9-19(17)33-14-6-2)34(31,32)29-12-10-27(3)11-13-29/h6,8-9,15,22H,2,5,7,10-14H2,1,3-4H3,(H,25,26). The van der Waals surface area contributed by atoms with E-state index in [0.29, 0.717) is 55.3 Å². The number of carbonyl (C=O) groups excluding carboxylic acids is 1. The highest BCUT2D eigenvalue weighted by atomic mass is 32.2. The van der Waals surface area contributed by atoms with Crippen molar-refractivity contribution in [2.45, 2.75) is 30.8 Å². The molecule has 4 rings (SSSR count). The van der Waals surface area contributed by atoms with Crippen LogP contribution in [0.15, 0.2) is 35.7 Å². The number of H-pyrrole nitrogens is 1. The van der Waals surface area contributed by atoms with E-state index in [1.165, 1.54) is 4.31 Å². The molecule has 1 unspecified atom stereocenters. The molecule has 2 aromatic rings. The van der Waals surface area contributed by atoms with Gasteiger partial charge in [0.15, 0.2) is 6.17 Å². The summed E-state index contributed by atoms with van der Waals surface area (Å²) in [6.45, 7) is 8.16. The zero-order valence-corrected chi connectivity index (χ0v) is 20.6. The van der Waals surface area contributed by atoms with Gasteiger partial charge >= 0.3 is 0 Å². The molecule has 1 radical (unpaired) electrons. The Morgan fingerprint density at radius 2 is 1.97 bits per heavy atom. The maximum absolute atomic E-state index is 13.4. The van der Waals surface area contributed by atoms with Gasteiger partial charge in [0.05, 0.1) is 16.3 Å². The Balaban J connectivity index is 1.75. The fourth-order valence-corrected chi connectivity index (χ4v) is 5.78. The first-order valence-electron chi connectivity index (χ1n) is 11.4. The van der Waals surface area contributed by atoms with Gasteiger partial charge in [-0.2, -0.15) is 9.40 Å². The number of aryl methyl sites for hydroxylation is 1. The molecule has 1 amide bonds. The number of nitrogens with one attached hydrogen (secondary N) is 1. The average molecular weight is 488 g/mol. The molecule has 1 atom stereocenters. The molecule has 34 heavy (non-hydrogen) atoms. The zero-order valence-electron chi connectivity index (χ0n) is 19.8. The monoisotopic (exact) mass is 487 g/mol. The van der Waals surface area contributed by atoms with E-state index in [4.69, 9.17) is 4.74 Å². The molecule has 1 saturated heterocycles. The highest BCUT2D eigenvalue weighted by molar-refractivity contribution is 7.89. The predicted molar refractivity (Wildman–Crippen MR) is 129 cm³/mol. The van der Waals surface area contributed by atoms with Crippen LogP contribution in [0.2, 0.25) is 0 Å². The second-order valence-electron chi connectivity index (χ2n) is 8.57. The number of likely N-dealkylation sites (N-methyl/N-ethyl adjacent to an activating group) is 1. The fraction of sp³-hybridized carbons (Fsp3) is 0.478. The van der Waals surface area contributed by atoms with Gasteiger partial charge in [-0.05, 0) is 31.7 Å². The minimum Gasteiger partial charge on any atom is -0.489 e. The molecular weight excluding hydrogens is 456 g/mol. The van der Waals surface area contributed by atoms with Crippen LogP contribution in [0.25, 0.3) is 0 Å². The number of benzene rings is 1. The van der Waals surface area contributed by atoms with Gasteiger partial charge in [-0.1, -0.05) is 26.0 Å². The molecule has 3 heterocycles. The number of fused-ring (bicyclic) bond motifs is 1. The van der Waals surface area contributed by atoms with E-state index in [-0.39, 0.29) is 11.5 Å². The summed E-state index contributed by atoms with van der Waals surface area (Å²) in [5.74, 6) is 0.0320. The summed E-state index contributed by atoms with van der Waals surface area (Å²) >= 11 is 0. The van der Waals surface area contributed by atoms with E-state index in [2.05, 4.69) is 27.0 Å². The summed E-state index contributed by atoms with van der Waals surface area (Å²) in [5, 5.41) is 11.5. The molecular formula is C23H31N6O4S. The van der Waals surface area contributed by atoms with Crippen molar-refractivity contribution < 1.29 is 17.9 Å². The van der Waals surface area contributed by atoms with Gasteiger partial charge in [0.1, 0.15) is 18.1 Å². The molecule has 10 nitrogen and oxygen atoms in total. The molecule has 2 aliphatic rings. The molecule has 183 valence electrons. The number of aromatic amines is 1. The summed E-state index contributed by atoms with van der Waals surface area (Å²) in [6, 6.07) is 4.76. The van der Waals surface area contributed by atoms with E-state index in [1.807, 2.05) is 25.9 Å². The van der Waals surface area contributed by atoms with Gasteiger partial charge < -0.3 is 14.5 Å². The summed E-state index contributed by atoms with van der Waals surface area (Å²) in [4.78, 5) is 17.0. The Morgan fingerprint density at radius 1 is 1.24 bits per heavy atom. The van der Waals surface area contributed by atoms with Gasteiger partial charge in [0, 0.05) is 38.8 Å². The van der Waals surface area contributed by atoms with Gasteiger partial charge in [0.2, 0.25) is 10.0 Å². The lowest BCUT2D eigenvalue weighted by Gasteiger charge is -2.35. The van der Waals surface area contributed by atoms with Gasteiger partial charge in [0.25, 0.3) is 5.91 Å². The first kappa shape index (κ1) is 24.2. The third-order valence-electron chi connectivity index (χ3n) is 6.19. The zero-order chi connectivity index (χ0) is 24.5. The largest absolute Gasteiger partial charge is 0.489 e. The normalized spacial score (nSPS) is 19.6. The quantitative estimate of drug-likeness (QED) is 0.565. The summed E-state index contributed by atoms with van der Waals surface area (Å²) in [5.41, 5.74) is 2.32. The van der Waals surface area contributed by atoms with Crippen LogP contribution < -0.4 is 15.0 Å². The Kier molecular flexibility index (Phi) is 6.96. The maximum atomic E-state index is 13.4. The number of hydrogen-bond acceptors (Lipinski definition) is 7. The van der Waals surface area contributed by atoms with E-state index in [0.717, 1.165) is 12.1 Å². The lowest BCUT2D eigenvalue weighted by molar-refractivity contribution is 0.0916. The SMILES string of the molecule is C=CCOc1ccc(S(=O)(=O)N2CCN(C)CC2)cc1C1[N]C(=O)c2[nH]nc(CCC)c2N1C. The molecule has 0 saturated carbocycles. The molecule has 1 N–H and O–H groups in total. The number of hydrogen-bond donors (Lipinski definition) is 1. The number of aromatic nitrogens is 2. The van der Waals surface area contributed by atoms with Crippen LogP contribution in [0.4, 0.5) is 5.69 Å². The maximum Gasteiger partial charge on any atom is 0.295 e. The molecule has 11 heteroatoms. The molecule has 1 aromatic heterocycles. The van der Waals surface area contributed by atoms with Crippen molar-refractivity contribution in [1.82, 2.24) is 24.7 Å². The molecule has 1 aromatic carbocycles. The molecule has 1 fully saturated rings. The third-order valence-corrected chi connectivity index (χ3v) is 8.08. The lowest BCUT2D eigenvalue weighted by atomic mass is 10.0. The van der Waals surface area contributed by atoms with Crippen LogP contribution in [-0.4, -0.2) is 80.6 Å². The van der Waals surface area contributed by atoms with Crippen LogP contribution in [0.1, 0.15) is 41.3 Å². The Bertz CT molecular complexity index is 1170. The number of rotatable bonds is 8. The highest BCUT2D eigenvalue weighted by Gasteiger charge is 2.38. The van der Waals surface area contributed by atoms with Crippen LogP contribution >= 0.6 is 0 Å². The summed E-state index contributed by atoms with van der Waals surface area (Å²) in [6.07, 6.45) is 2.43. The summed E-state index contributed by atoms with van der Waals surface area (Å²) < 4.78 is 34.2. The van der Waals surface area contributed by atoms with Crippen LogP contribution in [-0.2, 0) is 16.4 Å². The first-order valence-corrected chi connectivity index (χ1v) is 12.8. The smallest absolute Gasteiger partial charge is 0.295 e. The van der Waals surface area contributed by atoms with Gasteiger partial charge in [-0.25, -0.2) is 13.7 Å². The lowest BCUT2D eigenvalue weighted by Crippen LogP contribution is -2.47. The van der Waals surface area contributed by atoms with Crippen molar-refractivity contribution in [2.75, 3.05) is 51.8 Å². The number of sulfonamides is 1. The fourth-order valence-electron chi connectivity index (χ4n) is 4.32. The minimum atomic E-state index is -3.71. The third kappa shape index (κ3) is 4.42. The molecule has 0 aliphatic carbocycles. The van der Waals surface area contributed by atoms with Crippen molar-refractivity contribution in [2.24, 2.45) is 0 Å². The van der Waals surface area contributed by atoms with Crippen LogP contribution in [0, 0.1) is 0 Å². The van der Waals surface area contributed by atoms with Crippen molar-refractivity contribution in [3.63, 3.8) is 0 Å². The van der Waals surface area contributed by atoms with Crippen molar-refractivity contribution in [3.05, 3.63) is 47.8 Å². The van der Waals surface area contributed by atoms with Gasteiger partial charge in [-0.15, -0.1) is 0 Å². The number of carbonyl (C=O) groups is 1. The topological polar surface area (TPSA) is 113 Å². The number of amides is 1. The van der Waals surface area contributed by atoms with Crippen molar-refractivity contribution in [3.8, 4) is 5.75 Å². The van der Waals surface area contributed by atoms with Crippen molar-refractivity contribution in [1.29, 1.82) is 0 Å². The van der Waals surface area contributed by atoms with E-state index in [1.54, 1.807) is 24.3 Å². The first-order chi connectivity index (χ1) is 16.3. The minimum absolute atomic E-state index is 0.154. The Morgan fingerprint density at radius 3 is 2.65 bits per heavy atom. The van der Waals surface area contributed by atoms with E-state index < -0.39 is 22.1 Å². The van der Waals surface area contributed by atoms with Crippen LogP contribution in [0.5, 0.6) is 5.75 Å². The number of piperazine rings is 1. The van der Waals surface area contributed by atoms with Crippen LogP contribution in [0.3, 0.4) is 0 Å². The second-order valence-corrected chi connectivity index (χ2v) is 10.5. The molecule has 2 aliphatic heterocycles. The second kappa shape index (κ2) is 9.77. The average Bonchev–Trinajstić information content (AvgIpc) is 3.25. The molecule has 0 spiro atoms.